The average Bonchev–Trinajstić information content (AvgIpc) is 2.82. The molecule has 0 amide bonds. The molecule has 0 aromatic heterocycles. The van der Waals surface area contributed by atoms with Gasteiger partial charge in [0.2, 0.25) is 0 Å². The molecule has 0 aliphatic carbocycles. The van der Waals surface area contributed by atoms with E-state index in [9.17, 15) is 0 Å². The zero-order chi connectivity index (χ0) is 23.2. The van der Waals surface area contributed by atoms with Crippen molar-refractivity contribution < 1.29 is 9.47 Å². The molecule has 0 atom stereocenters. The van der Waals surface area contributed by atoms with Crippen LogP contribution in [0.4, 0.5) is 5.69 Å². The van der Waals surface area contributed by atoms with Gasteiger partial charge in [-0.05, 0) is 0 Å². The van der Waals surface area contributed by atoms with E-state index < -0.39 is 18.4 Å². The van der Waals surface area contributed by atoms with Crippen LogP contribution in [0.1, 0.15) is 59.3 Å². The van der Waals surface area contributed by atoms with Crippen molar-refractivity contribution in [1.29, 1.82) is 0 Å². The molecule has 2 aromatic rings. The van der Waals surface area contributed by atoms with Crippen LogP contribution in [0.5, 0.6) is 11.5 Å². The zero-order valence-corrected chi connectivity index (χ0v) is 24.0. The molecule has 178 valence electrons. The first-order valence-electron chi connectivity index (χ1n) is 12.7. The van der Waals surface area contributed by atoms with Gasteiger partial charge in [0, 0.05) is 14.1 Å². The molecule has 3 nitrogen and oxygen atoms in total. The minimum atomic E-state index is -2.34. The van der Waals surface area contributed by atoms with Gasteiger partial charge >= 0.3 is 183 Å². The number of hydrogen-bond acceptors (Lipinski definition) is 3. The van der Waals surface area contributed by atoms with E-state index in [-0.39, 0.29) is 0 Å². The number of unbranched alkanes of at least 4 members (excludes halogenated alkanes) is 3. The van der Waals surface area contributed by atoms with Crippen molar-refractivity contribution in [3.05, 3.63) is 48.5 Å². The first-order chi connectivity index (χ1) is 15.5. The topological polar surface area (TPSA) is 21.7 Å². The Morgan fingerprint density at radius 1 is 0.625 bits per heavy atom. The normalized spacial score (nSPS) is 11.4. The van der Waals surface area contributed by atoms with Gasteiger partial charge in [-0.15, -0.1) is 0 Å². The predicted octanol–water partition coefficient (Wildman–Crippen LogP) is 7.27. The van der Waals surface area contributed by atoms with E-state index in [0.29, 0.717) is 13.2 Å². The van der Waals surface area contributed by atoms with E-state index in [2.05, 4.69) is 62.1 Å². The Balaban J connectivity index is 1.94. The molecule has 32 heavy (non-hydrogen) atoms. The molecule has 0 radical (unpaired) electrons. The van der Waals surface area contributed by atoms with Gasteiger partial charge in [-0.3, -0.25) is 0 Å². The van der Waals surface area contributed by atoms with Crippen LogP contribution in [0.15, 0.2) is 48.5 Å². The molecular formula is C28H45NO2Sn. The summed E-state index contributed by atoms with van der Waals surface area (Å²) < 4.78 is 18.1. The molecular weight excluding hydrogens is 501 g/mol. The van der Waals surface area contributed by atoms with Gasteiger partial charge in [0.05, 0.1) is 0 Å². The van der Waals surface area contributed by atoms with Gasteiger partial charge in [-0.2, -0.15) is 0 Å². The minimum absolute atomic E-state index is 0.551. The van der Waals surface area contributed by atoms with Crippen molar-refractivity contribution >= 4 is 27.6 Å². The fraction of sp³-hybridized carbons (Fsp3) is 0.571. The third kappa shape index (κ3) is 8.53. The summed E-state index contributed by atoms with van der Waals surface area (Å²) in [6.45, 7) is 8.13. The molecule has 0 fully saturated rings. The molecule has 0 unspecified atom stereocenters. The summed E-state index contributed by atoms with van der Waals surface area (Å²) in [5, 5.41) is 0. The number of rotatable bonds is 16. The van der Waals surface area contributed by atoms with Crippen molar-refractivity contribution in [2.45, 2.75) is 72.6 Å². The van der Waals surface area contributed by atoms with Gasteiger partial charge in [-0.1, -0.05) is 0 Å². The molecule has 0 heterocycles. The second kappa shape index (κ2) is 14.7. The molecule has 0 N–H and O–H groups in total. The Bertz CT molecular complexity index is 721. The SMILES string of the molecule is CCC[CH2][Sn]([CH2]CCC)([CH2]CCC)[c]1ccc(OCCOc2ccc(N(C)C)cc2)cc1. The zero-order valence-electron chi connectivity index (χ0n) is 21.2. The summed E-state index contributed by atoms with van der Waals surface area (Å²) in [4.78, 5) is 2.09. The molecule has 2 aromatic carbocycles. The van der Waals surface area contributed by atoms with Crippen molar-refractivity contribution in [2.24, 2.45) is 0 Å². The quantitative estimate of drug-likeness (QED) is 0.163. The fourth-order valence-electron chi connectivity index (χ4n) is 4.42. The van der Waals surface area contributed by atoms with Crippen LogP contribution in [0.2, 0.25) is 13.3 Å². The average molecular weight is 546 g/mol. The summed E-state index contributed by atoms with van der Waals surface area (Å²) in [5.74, 6) is 1.85. The maximum absolute atomic E-state index is 5.99. The van der Waals surface area contributed by atoms with Crippen LogP contribution in [-0.4, -0.2) is 45.7 Å². The molecule has 0 aliphatic rings. The van der Waals surface area contributed by atoms with E-state index in [1.807, 2.05) is 26.2 Å². The summed E-state index contributed by atoms with van der Waals surface area (Å²) >= 11 is -2.34. The molecule has 0 aliphatic heterocycles. The van der Waals surface area contributed by atoms with Crippen LogP contribution in [-0.2, 0) is 0 Å². The Morgan fingerprint density at radius 2 is 1.03 bits per heavy atom. The van der Waals surface area contributed by atoms with E-state index in [0.717, 1.165) is 11.5 Å². The van der Waals surface area contributed by atoms with Crippen molar-refractivity contribution in [3.8, 4) is 11.5 Å². The first kappa shape index (κ1) is 26.9. The maximum atomic E-state index is 5.99. The van der Waals surface area contributed by atoms with E-state index >= 15 is 0 Å². The molecule has 0 saturated carbocycles. The summed E-state index contributed by atoms with van der Waals surface area (Å²) in [6.07, 6.45) is 8.14. The third-order valence-electron chi connectivity index (χ3n) is 6.47. The second-order valence-corrected chi connectivity index (χ2v) is 22.4. The fourth-order valence-corrected chi connectivity index (χ4v) is 20.3. The van der Waals surface area contributed by atoms with Gasteiger partial charge in [0.15, 0.2) is 0 Å². The standard InChI is InChI=1S/C16H18NO2.3C4H9.Sn/c1-17(2)14-8-10-16(11-9-14)19-13-12-18-15-6-4-3-5-7-15;3*1-3-4-2;/h4-11H,12-13H2,1-2H3;3*1,3-4H2,2H3;. The van der Waals surface area contributed by atoms with Crippen LogP contribution in [0.3, 0.4) is 0 Å². The van der Waals surface area contributed by atoms with Crippen LogP contribution in [0, 0.1) is 0 Å². The number of anilines is 1. The summed E-state index contributed by atoms with van der Waals surface area (Å²) in [6, 6.07) is 17.4. The number of hydrogen-bond donors (Lipinski definition) is 0. The summed E-state index contributed by atoms with van der Waals surface area (Å²) in [7, 11) is 4.08. The predicted molar refractivity (Wildman–Crippen MR) is 143 cm³/mol. The second-order valence-electron chi connectivity index (χ2n) is 9.20. The monoisotopic (exact) mass is 547 g/mol. The van der Waals surface area contributed by atoms with E-state index in [4.69, 9.17) is 9.47 Å². The Labute approximate surface area is 201 Å². The molecule has 0 bridgehead atoms. The molecule has 4 heteroatoms. The Hall–Kier alpha value is -1.36. The number of benzene rings is 2. The number of ether oxygens (including phenoxy) is 2. The molecule has 2 rings (SSSR count). The van der Waals surface area contributed by atoms with Crippen molar-refractivity contribution in [2.75, 3.05) is 32.2 Å². The Kier molecular flexibility index (Phi) is 12.4. The summed E-state index contributed by atoms with van der Waals surface area (Å²) in [5.41, 5.74) is 1.17. The van der Waals surface area contributed by atoms with Gasteiger partial charge in [-0.25, -0.2) is 0 Å². The number of nitrogens with zero attached hydrogens (tertiary/aromatic N) is 1. The van der Waals surface area contributed by atoms with Crippen molar-refractivity contribution in [1.82, 2.24) is 0 Å². The van der Waals surface area contributed by atoms with E-state index in [1.165, 1.54) is 57.5 Å². The van der Waals surface area contributed by atoms with Gasteiger partial charge in [0.1, 0.15) is 0 Å². The molecule has 0 spiro atoms. The first-order valence-corrected chi connectivity index (χ1v) is 20.2. The van der Waals surface area contributed by atoms with Gasteiger partial charge in [0.25, 0.3) is 0 Å². The third-order valence-corrected chi connectivity index (χ3v) is 22.1. The van der Waals surface area contributed by atoms with Crippen molar-refractivity contribution in [3.63, 3.8) is 0 Å². The van der Waals surface area contributed by atoms with E-state index in [1.54, 1.807) is 3.58 Å². The van der Waals surface area contributed by atoms with Crippen LogP contribution >= 0.6 is 0 Å². The van der Waals surface area contributed by atoms with Crippen LogP contribution < -0.4 is 18.0 Å². The van der Waals surface area contributed by atoms with Gasteiger partial charge < -0.3 is 4.90 Å². The molecule has 0 saturated heterocycles. The van der Waals surface area contributed by atoms with Crippen LogP contribution in [0.25, 0.3) is 0 Å². The Morgan fingerprint density at radius 3 is 1.41 bits per heavy atom.